The molecule has 3 heterocycles. The number of hydrogen-bond acceptors (Lipinski definition) is 8. The summed E-state index contributed by atoms with van der Waals surface area (Å²) in [6.45, 7) is 2.73. The van der Waals surface area contributed by atoms with Crippen molar-refractivity contribution < 1.29 is 23.9 Å². The first kappa shape index (κ1) is 20.0. The van der Waals surface area contributed by atoms with Gasteiger partial charge in [0.2, 0.25) is 5.91 Å². The van der Waals surface area contributed by atoms with E-state index in [4.69, 9.17) is 9.47 Å². The van der Waals surface area contributed by atoms with E-state index in [1.165, 1.54) is 5.01 Å². The second kappa shape index (κ2) is 7.95. The van der Waals surface area contributed by atoms with Crippen molar-refractivity contribution in [1.82, 2.24) is 5.01 Å². The summed E-state index contributed by atoms with van der Waals surface area (Å²) in [5.74, 6) is -0.111. The number of anilines is 2. The van der Waals surface area contributed by atoms with E-state index in [-0.39, 0.29) is 6.54 Å². The number of aryl methyl sites for hydroxylation is 1. The number of carbonyl (C=O) groups is 3. The van der Waals surface area contributed by atoms with E-state index < -0.39 is 29.8 Å². The van der Waals surface area contributed by atoms with E-state index in [2.05, 4.69) is 15.7 Å². The molecule has 10 nitrogen and oxygen atoms in total. The third-order valence-corrected chi connectivity index (χ3v) is 5.59. The SMILES string of the molecule is CCc1ccc(N2C(=O)[C@H]3N=NN(CC(=O)Nc4ccc5c(c4)OCCO5)[C@@H]3C2=O)cc1. The molecule has 3 amide bonds. The Labute approximate surface area is 183 Å². The van der Waals surface area contributed by atoms with Gasteiger partial charge in [-0.15, -0.1) is 0 Å². The van der Waals surface area contributed by atoms with E-state index in [0.29, 0.717) is 36.1 Å². The van der Waals surface area contributed by atoms with E-state index in [9.17, 15) is 14.4 Å². The van der Waals surface area contributed by atoms with Crippen LogP contribution in [0.2, 0.25) is 0 Å². The standard InChI is InChI=1S/C22H21N5O5/c1-2-13-3-6-15(7-4-13)27-21(29)19-20(22(27)30)26(25-24-19)12-18(28)23-14-5-8-16-17(11-14)32-10-9-31-16/h3-8,11,19-20H,2,9-10,12H2,1H3,(H,23,28)/t19-,20-/m0/s1. The number of ether oxygens (including phenoxy) is 2. The van der Waals surface area contributed by atoms with Crippen molar-refractivity contribution in [3.8, 4) is 11.5 Å². The maximum atomic E-state index is 13.0. The molecule has 0 aliphatic carbocycles. The highest BCUT2D eigenvalue weighted by Gasteiger charge is 2.55. The van der Waals surface area contributed by atoms with Crippen molar-refractivity contribution >= 4 is 29.1 Å². The Balaban J connectivity index is 1.27. The number of fused-ring (bicyclic) bond motifs is 2. The van der Waals surface area contributed by atoms with Gasteiger partial charge in [0.15, 0.2) is 23.6 Å². The van der Waals surface area contributed by atoms with Crippen LogP contribution in [0.15, 0.2) is 52.8 Å². The number of carbonyl (C=O) groups excluding carboxylic acids is 3. The van der Waals surface area contributed by atoms with Gasteiger partial charge in [0.05, 0.1) is 5.69 Å². The van der Waals surface area contributed by atoms with E-state index in [1.54, 1.807) is 30.3 Å². The molecule has 0 radical (unpaired) electrons. The molecule has 32 heavy (non-hydrogen) atoms. The summed E-state index contributed by atoms with van der Waals surface area (Å²) >= 11 is 0. The summed E-state index contributed by atoms with van der Waals surface area (Å²) in [5.41, 5.74) is 2.12. The molecular weight excluding hydrogens is 414 g/mol. The summed E-state index contributed by atoms with van der Waals surface area (Å²) in [7, 11) is 0. The maximum Gasteiger partial charge on any atom is 0.263 e. The van der Waals surface area contributed by atoms with Crippen LogP contribution in [0.1, 0.15) is 12.5 Å². The minimum Gasteiger partial charge on any atom is -0.486 e. The lowest BCUT2D eigenvalue weighted by atomic mass is 10.1. The van der Waals surface area contributed by atoms with Gasteiger partial charge in [0.25, 0.3) is 11.8 Å². The van der Waals surface area contributed by atoms with Crippen LogP contribution < -0.4 is 19.7 Å². The van der Waals surface area contributed by atoms with Crippen LogP contribution in [-0.4, -0.2) is 54.6 Å². The van der Waals surface area contributed by atoms with E-state index >= 15 is 0 Å². The van der Waals surface area contributed by atoms with Gasteiger partial charge in [-0.25, -0.2) is 4.90 Å². The van der Waals surface area contributed by atoms with Crippen molar-refractivity contribution in [3.63, 3.8) is 0 Å². The van der Waals surface area contributed by atoms with Crippen LogP contribution >= 0.6 is 0 Å². The quantitative estimate of drug-likeness (QED) is 0.719. The van der Waals surface area contributed by atoms with Crippen LogP contribution in [0.5, 0.6) is 11.5 Å². The van der Waals surface area contributed by atoms with Gasteiger partial charge < -0.3 is 14.8 Å². The molecule has 0 bridgehead atoms. The Morgan fingerprint density at radius 2 is 1.81 bits per heavy atom. The van der Waals surface area contributed by atoms with E-state index in [0.717, 1.165) is 16.9 Å². The molecule has 10 heteroatoms. The summed E-state index contributed by atoms with van der Waals surface area (Å²) < 4.78 is 11.0. The zero-order valence-electron chi connectivity index (χ0n) is 17.4. The van der Waals surface area contributed by atoms with Gasteiger partial charge in [-0.3, -0.25) is 19.4 Å². The van der Waals surface area contributed by atoms with Gasteiger partial charge in [-0.1, -0.05) is 24.3 Å². The van der Waals surface area contributed by atoms with Crippen molar-refractivity contribution in [1.29, 1.82) is 0 Å². The topological polar surface area (TPSA) is 113 Å². The van der Waals surface area contributed by atoms with Crippen LogP contribution in [0.25, 0.3) is 0 Å². The summed E-state index contributed by atoms with van der Waals surface area (Å²) in [4.78, 5) is 39.6. The first-order valence-electron chi connectivity index (χ1n) is 10.4. The highest BCUT2D eigenvalue weighted by atomic mass is 16.6. The molecular formula is C22H21N5O5. The largest absolute Gasteiger partial charge is 0.486 e. The Bertz CT molecular complexity index is 1120. The smallest absolute Gasteiger partial charge is 0.263 e. The van der Waals surface area contributed by atoms with Crippen molar-refractivity contribution in [3.05, 3.63) is 48.0 Å². The third-order valence-electron chi connectivity index (χ3n) is 5.59. The lowest BCUT2D eigenvalue weighted by molar-refractivity contribution is -0.123. The molecule has 1 saturated heterocycles. The fourth-order valence-electron chi connectivity index (χ4n) is 3.96. The van der Waals surface area contributed by atoms with Gasteiger partial charge in [0.1, 0.15) is 19.8 Å². The molecule has 5 rings (SSSR count). The van der Waals surface area contributed by atoms with Gasteiger partial charge in [-0.05, 0) is 36.2 Å². The van der Waals surface area contributed by atoms with Crippen LogP contribution in [-0.2, 0) is 20.8 Å². The Morgan fingerprint density at radius 3 is 2.56 bits per heavy atom. The van der Waals surface area contributed by atoms with Gasteiger partial charge in [0, 0.05) is 11.8 Å². The van der Waals surface area contributed by atoms with Crippen molar-refractivity contribution in [2.75, 3.05) is 30.0 Å². The Kier molecular flexibility index (Phi) is 4.96. The first-order valence-corrected chi connectivity index (χ1v) is 10.4. The maximum absolute atomic E-state index is 13.0. The number of nitrogens with zero attached hydrogens (tertiary/aromatic N) is 4. The lowest BCUT2D eigenvalue weighted by Crippen LogP contribution is -2.43. The van der Waals surface area contributed by atoms with Crippen molar-refractivity contribution in [2.24, 2.45) is 10.3 Å². The molecule has 2 atom stereocenters. The fraction of sp³-hybridized carbons (Fsp3) is 0.318. The highest BCUT2D eigenvalue weighted by Crippen LogP contribution is 2.34. The summed E-state index contributed by atoms with van der Waals surface area (Å²) in [6, 6.07) is 10.5. The first-order chi connectivity index (χ1) is 15.5. The number of rotatable bonds is 5. The highest BCUT2D eigenvalue weighted by molar-refractivity contribution is 6.25. The molecule has 1 fully saturated rings. The van der Waals surface area contributed by atoms with E-state index in [1.807, 2.05) is 19.1 Å². The average molecular weight is 435 g/mol. The number of hydrogen-bond donors (Lipinski definition) is 1. The van der Waals surface area contributed by atoms with Crippen molar-refractivity contribution in [2.45, 2.75) is 25.4 Å². The lowest BCUT2D eigenvalue weighted by Gasteiger charge is -2.21. The normalized spacial score (nSPS) is 21.2. The summed E-state index contributed by atoms with van der Waals surface area (Å²) in [6.07, 6.45) is 0.855. The number of nitrogens with one attached hydrogen (secondary N) is 1. The number of benzene rings is 2. The van der Waals surface area contributed by atoms with Crippen LogP contribution in [0.4, 0.5) is 11.4 Å². The molecule has 2 aromatic rings. The zero-order valence-corrected chi connectivity index (χ0v) is 17.4. The zero-order chi connectivity index (χ0) is 22.2. The Morgan fingerprint density at radius 1 is 1.06 bits per heavy atom. The van der Waals surface area contributed by atoms with Gasteiger partial charge in [-0.2, -0.15) is 5.11 Å². The molecule has 2 aromatic carbocycles. The molecule has 1 N–H and O–H groups in total. The number of imide groups is 1. The molecule has 3 aliphatic heterocycles. The second-order valence-corrected chi connectivity index (χ2v) is 7.63. The minimum atomic E-state index is -0.949. The molecule has 0 spiro atoms. The minimum absolute atomic E-state index is 0.221. The molecule has 164 valence electrons. The van der Waals surface area contributed by atoms with Gasteiger partial charge >= 0.3 is 0 Å². The third kappa shape index (κ3) is 3.43. The fourth-order valence-corrected chi connectivity index (χ4v) is 3.96. The van der Waals surface area contributed by atoms with Crippen LogP contribution in [0, 0.1) is 0 Å². The second-order valence-electron chi connectivity index (χ2n) is 7.63. The van der Waals surface area contributed by atoms with Crippen LogP contribution in [0.3, 0.4) is 0 Å². The molecule has 3 aliphatic rings. The predicted octanol–water partition coefficient (Wildman–Crippen LogP) is 1.95. The predicted molar refractivity (Wildman–Crippen MR) is 114 cm³/mol. The monoisotopic (exact) mass is 435 g/mol. The molecule has 0 unspecified atom stereocenters. The molecule has 0 aromatic heterocycles. The Hall–Kier alpha value is -3.95. The molecule has 0 saturated carbocycles. The summed E-state index contributed by atoms with van der Waals surface area (Å²) in [5, 5.41) is 11.9. The average Bonchev–Trinajstić information content (AvgIpc) is 3.33. The number of amides is 3.